The molecule has 0 atom stereocenters. The Bertz CT molecular complexity index is 523. The number of rotatable bonds is 3. The van der Waals surface area contributed by atoms with Crippen molar-refractivity contribution in [1.82, 2.24) is 0 Å². The Labute approximate surface area is 108 Å². The molecule has 3 nitrogen and oxygen atoms in total. The van der Waals surface area contributed by atoms with Crippen molar-refractivity contribution in [3.8, 4) is 5.75 Å². The zero-order chi connectivity index (χ0) is 12.1. The predicted molar refractivity (Wildman–Crippen MR) is 71.3 cm³/mol. The number of azo groups is 1. The molecule has 0 heterocycles. The third-order valence-corrected chi connectivity index (χ3v) is 2.71. The van der Waals surface area contributed by atoms with Gasteiger partial charge < -0.3 is 4.74 Å². The molecule has 0 aliphatic carbocycles. The Hall–Kier alpha value is -1.68. The number of halogens is 1. The summed E-state index contributed by atoms with van der Waals surface area (Å²) in [5.74, 6) is 0.716. The summed E-state index contributed by atoms with van der Waals surface area (Å²) in [5, 5.41) is 8.31. The molecule has 2 aromatic rings. The van der Waals surface area contributed by atoms with Crippen LogP contribution in [0.1, 0.15) is 0 Å². The van der Waals surface area contributed by atoms with Crippen LogP contribution in [0.15, 0.2) is 63.2 Å². The summed E-state index contributed by atoms with van der Waals surface area (Å²) in [4.78, 5) is 0. The number of hydrogen-bond donors (Lipinski definition) is 0. The van der Waals surface area contributed by atoms with Gasteiger partial charge in [0, 0.05) is 4.47 Å². The topological polar surface area (TPSA) is 34.0 Å². The molecule has 0 spiro atoms. The normalized spacial score (nSPS) is 10.7. The maximum atomic E-state index is 5.19. The monoisotopic (exact) mass is 290 g/mol. The highest BCUT2D eigenvalue weighted by Crippen LogP contribution is 2.28. The molecule has 0 radical (unpaired) electrons. The van der Waals surface area contributed by atoms with Crippen LogP contribution in [-0.4, -0.2) is 7.11 Å². The van der Waals surface area contributed by atoms with Crippen LogP contribution in [0, 0.1) is 0 Å². The standard InChI is InChI=1S/C13H11BrN2O/c1-17-13-5-3-2-4-12(13)16-15-11-8-6-10(14)7-9-11/h2-9H,1H3. The van der Waals surface area contributed by atoms with Gasteiger partial charge in [-0.05, 0) is 36.4 Å². The molecular formula is C13H11BrN2O. The largest absolute Gasteiger partial charge is 0.494 e. The molecule has 0 amide bonds. The van der Waals surface area contributed by atoms with Gasteiger partial charge in [-0.1, -0.05) is 28.1 Å². The molecule has 0 saturated heterocycles. The summed E-state index contributed by atoms with van der Waals surface area (Å²) < 4.78 is 6.21. The molecule has 0 N–H and O–H groups in total. The van der Waals surface area contributed by atoms with E-state index in [2.05, 4.69) is 26.2 Å². The average Bonchev–Trinajstić information content (AvgIpc) is 2.38. The Kier molecular flexibility index (Phi) is 3.88. The Morgan fingerprint density at radius 3 is 2.35 bits per heavy atom. The molecule has 86 valence electrons. The number of para-hydroxylation sites is 1. The fourth-order valence-corrected chi connectivity index (χ4v) is 1.60. The van der Waals surface area contributed by atoms with Crippen molar-refractivity contribution in [3.05, 3.63) is 53.0 Å². The van der Waals surface area contributed by atoms with Gasteiger partial charge in [0.15, 0.2) is 0 Å². The highest BCUT2D eigenvalue weighted by atomic mass is 79.9. The van der Waals surface area contributed by atoms with E-state index in [-0.39, 0.29) is 0 Å². The summed E-state index contributed by atoms with van der Waals surface area (Å²) in [7, 11) is 1.62. The van der Waals surface area contributed by atoms with Crippen molar-refractivity contribution < 1.29 is 4.74 Å². The third kappa shape index (κ3) is 3.14. The van der Waals surface area contributed by atoms with Gasteiger partial charge >= 0.3 is 0 Å². The van der Waals surface area contributed by atoms with Gasteiger partial charge in [-0.2, -0.15) is 5.11 Å². The second-order valence-corrected chi connectivity index (χ2v) is 4.26. The lowest BCUT2D eigenvalue weighted by molar-refractivity contribution is 0.416. The van der Waals surface area contributed by atoms with Gasteiger partial charge in [-0.3, -0.25) is 0 Å². The van der Waals surface area contributed by atoms with Crippen LogP contribution >= 0.6 is 15.9 Å². The van der Waals surface area contributed by atoms with E-state index >= 15 is 0 Å². The summed E-state index contributed by atoms with van der Waals surface area (Å²) in [6, 6.07) is 15.2. The lowest BCUT2D eigenvalue weighted by atomic mass is 10.3. The van der Waals surface area contributed by atoms with Gasteiger partial charge in [0.25, 0.3) is 0 Å². The highest BCUT2D eigenvalue weighted by Gasteiger charge is 1.98. The third-order valence-electron chi connectivity index (χ3n) is 2.19. The first-order valence-electron chi connectivity index (χ1n) is 5.10. The zero-order valence-electron chi connectivity index (χ0n) is 9.30. The van der Waals surface area contributed by atoms with Crippen LogP contribution in [0.4, 0.5) is 11.4 Å². The number of methoxy groups -OCH3 is 1. The molecular weight excluding hydrogens is 280 g/mol. The molecule has 0 bridgehead atoms. The molecule has 0 aromatic heterocycles. The number of hydrogen-bond acceptors (Lipinski definition) is 3. The number of nitrogens with zero attached hydrogens (tertiary/aromatic N) is 2. The van der Waals surface area contributed by atoms with Crippen molar-refractivity contribution >= 4 is 27.3 Å². The van der Waals surface area contributed by atoms with Gasteiger partial charge in [0.1, 0.15) is 11.4 Å². The van der Waals surface area contributed by atoms with Crippen LogP contribution in [0.5, 0.6) is 5.75 Å². The minimum atomic E-state index is 0.716. The lowest BCUT2D eigenvalue weighted by Crippen LogP contribution is -1.81. The van der Waals surface area contributed by atoms with Crippen molar-refractivity contribution in [2.75, 3.05) is 7.11 Å². The van der Waals surface area contributed by atoms with Gasteiger partial charge in [0.2, 0.25) is 0 Å². The SMILES string of the molecule is COc1ccccc1N=Nc1ccc(Br)cc1. The van der Waals surface area contributed by atoms with E-state index in [0.29, 0.717) is 5.75 Å². The van der Waals surface area contributed by atoms with E-state index in [0.717, 1.165) is 15.8 Å². The lowest BCUT2D eigenvalue weighted by Gasteiger charge is -2.01. The first kappa shape index (κ1) is 11.8. The van der Waals surface area contributed by atoms with Gasteiger partial charge in [-0.15, -0.1) is 5.11 Å². The predicted octanol–water partition coefficient (Wildman–Crippen LogP) is 4.87. The van der Waals surface area contributed by atoms with E-state index in [1.165, 1.54) is 0 Å². The van der Waals surface area contributed by atoms with Crippen LogP contribution < -0.4 is 4.74 Å². The smallest absolute Gasteiger partial charge is 0.146 e. The molecule has 2 rings (SSSR count). The molecule has 4 heteroatoms. The van der Waals surface area contributed by atoms with Crippen LogP contribution in [0.2, 0.25) is 0 Å². The first-order chi connectivity index (χ1) is 8.29. The van der Waals surface area contributed by atoms with Crippen LogP contribution in [0.3, 0.4) is 0 Å². The van der Waals surface area contributed by atoms with E-state index in [4.69, 9.17) is 4.74 Å². The molecule has 0 unspecified atom stereocenters. The fourth-order valence-electron chi connectivity index (χ4n) is 1.33. The van der Waals surface area contributed by atoms with E-state index < -0.39 is 0 Å². The minimum Gasteiger partial charge on any atom is -0.494 e. The van der Waals surface area contributed by atoms with Crippen molar-refractivity contribution in [3.63, 3.8) is 0 Å². The average molecular weight is 291 g/mol. The summed E-state index contributed by atoms with van der Waals surface area (Å²) in [6.07, 6.45) is 0. The Balaban J connectivity index is 2.22. The van der Waals surface area contributed by atoms with E-state index in [1.807, 2.05) is 48.5 Å². The van der Waals surface area contributed by atoms with Gasteiger partial charge in [-0.25, -0.2) is 0 Å². The van der Waals surface area contributed by atoms with Crippen molar-refractivity contribution in [2.24, 2.45) is 10.2 Å². The van der Waals surface area contributed by atoms with Crippen LogP contribution in [-0.2, 0) is 0 Å². The second kappa shape index (κ2) is 5.59. The molecule has 0 fully saturated rings. The number of benzene rings is 2. The fraction of sp³-hybridized carbons (Fsp3) is 0.0769. The molecule has 0 aliphatic rings. The maximum Gasteiger partial charge on any atom is 0.146 e. The summed E-state index contributed by atoms with van der Waals surface area (Å²) in [5.41, 5.74) is 1.53. The molecule has 2 aromatic carbocycles. The van der Waals surface area contributed by atoms with Crippen molar-refractivity contribution in [1.29, 1.82) is 0 Å². The summed E-state index contributed by atoms with van der Waals surface area (Å²) >= 11 is 3.37. The Morgan fingerprint density at radius 2 is 1.65 bits per heavy atom. The Morgan fingerprint density at radius 1 is 0.941 bits per heavy atom. The highest BCUT2D eigenvalue weighted by molar-refractivity contribution is 9.10. The maximum absolute atomic E-state index is 5.19. The number of ether oxygens (including phenoxy) is 1. The van der Waals surface area contributed by atoms with E-state index in [1.54, 1.807) is 7.11 Å². The zero-order valence-corrected chi connectivity index (χ0v) is 10.9. The molecule has 17 heavy (non-hydrogen) atoms. The van der Waals surface area contributed by atoms with Crippen molar-refractivity contribution in [2.45, 2.75) is 0 Å². The summed E-state index contributed by atoms with van der Waals surface area (Å²) in [6.45, 7) is 0. The quantitative estimate of drug-likeness (QED) is 0.742. The second-order valence-electron chi connectivity index (χ2n) is 3.35. The van der Waals surface area contributed by atoms with Crippen LogP contribution in [0.25, 0.3) is 0 Å². The van der Waals surface area contributed by atoms with Gasteiger partial charge in [0.05, 0.1) is 12.8 Å². The molecule has 0 saturated carbocycles. The van der Waals surface area contributed by atoms with E-state index in [9.17, 15) is 0 Å². The first-order valence-corrected chi connectivity index (χ1v) is 5.89. The minimum absolute atomic E-state index is 0.716. The molecule has 0 aliphatic heterocycles.